The van der Waals surface area contributed by atoms with Crippen molar-refractivity contribution in [3.63, 3.8) is 0 Å². The molecule has 7 nitrogen and oxygen atoms in total. The lowest BCUT2D eigenvalue weighted by molar-refractivity contribution is -0.705. The first-order valence-electron chi connectivity index (χ1n) is 7.13. The molecular formula is C16H12N4O3. The number of rotatable bonds is 2. The van der Waals surface area contributed by atoms with Gasteiger partial charge in [0.15, 0.2) is 0 Å². The third-order valence-corrected chi connectivity index (χ3v) is 4.00. The van der Waals surface area contributed by atoms with E-state index in [-0.39, 0.29) is 11.1 Å². The van der Waals surface area contributed by atoms with Gasteiger partial charge in [0.05, 0.1) is 24.2 Å². The molecule has 0 atom stereocenters. The van der Waals surface area contributed by atoms with Crippen molar-refractivity contribution < 1.29 is 14.6 Å². The monoisotopic (exact) mass is 308 g/mol. The van der Waals surface area contributed by atoms with Gasteiger partial charge in [-0.1, -0.05) is 41.4 Å². The molecule has 2 aromatic rings. The molecule has 0 aliphatic carbocycles. The zero-order valence-corrected chi connectivity index (χ0v) is 12.0. The van der Waals surface area contributed by atoms with E-state index in [0.717, 1.165) is 11.1 Å². The molecule has 0 radical (unpaired) electrons. The molecule has 0 unspecified atom stereocenters. The molecule has 4 rings (SSSR count). The van der Waals surface area contributed by atoms with Gasteiger partial charge in [-0.2, -0.15) is 0 Å². The summed E-state index contributed by atoms with van der Waals surface area (Å²) in [5.74, 6) is -1.16. The summed E-state index contributed by atoms with van der Waals surface area (Å²) >= 11 is 0. The zero-order chi connectivity index (χ0) is 16.0. The fraction of sp³-hybridized carbons (Fsp3) is 0.125. The molecule has 0 saturated carbocycles. The number of imide groups is 1. The van der Waals surface area contributed by atoms with Gasteiger partial charge >= 0.3 is 11.8 Å². The van der Waals surface area contributed by atoms with Gasteiger partial charge in [-0.3, -0.25) is 0 Å². The number of nitrogens with zero attached hydrogens (tertiary/aromatic N) is 4. The fourth-order valence-electron chi connectivity index (χ4n) is 2.83. The Labute approximate surface area is 131 Å². The van der Waals surface area contributed by atoms with Crippen LogP contribution in [0.15, 0.2) is 53.8 Å². The normalized spacial score (nSPS) is 16.8. The summed E-state index contributed by atoms with van der Waals surface area (Å²) in [6.45, 7) is 0.790. The Kier molecular flexibility index (Phi) is 2.87. The lowest BCUT2D eigenvalue weighted by Crippen LogP contribution is -2.31. The molecule has 2 aliphatic rings. The molecule has 0 fully saturated rings. The van der Waals surface area contributed by atoms with Crippen LogP contribution in [0.3, 0.4) is 0 Å². The van der Waals surface area contributed by atoms with Crippen LogP contribution in [0, 0.1) is 5.21 Å². The minimum atomic E-state index is -0.580. The Morgan fingerprint density at radius 2 is 1.35 bits per heavy atom. The zero-order valence-electron chi connectivity index (χ0n) is 12.0. The molecule has 2 aromatic carbocycles. The maximum atomic E-state index is 12.2. The number of hydrogen-bond donors (Lipinski definition) is 0. The maximum Gasteiger partial charge on any atom is 0.370 e. The van der Waals surface area contributed by atoms with Crippen molar-refractivity contribution in [1.82, 2.24) is 10.0 Å². The first kappa shape index (κ1) is 13.4. The summed E-state index contributed by atoms with van der Waals surface area (Å²) in [5, 5.41) is 17.9. The van der Waals surface area contributed by atoms with E-state index in [0.29, 0.717) is 23.1 Å². The average Bonchev–Trinajstić information content (AvgIpc) is 3.11. The molecule has 2 heterocycles. The molecule has 2 amide bonds. The van der Waals surface area contributed by atoms with Crippen molar-refractivity contribution in [2.24, 2.45) is 5.22 Å². The third kappa shape index (κ3) is 2.05. The van der Waals surface area contributed by atoms with Gasteiger partial charge in [-0.15, -0.1) is 0 Å². The van der Waals surface area contributed by atoms with Crippen molar-refractivity contribution >= 4 is 11.8 Å². The van der Waals surface area contributed by atoms with Gasteiger partial charge < -0.3 is 5.21 Å². The Morgan fingerprint density at radius 1 is 0.870 bits per heavy atom. The van der Waals surface area contributed by atoms with E-state index >= 15 is 0 Å². The maximum absolute atomic E-state index is 12.2. The summed E-state index contributed by atoms with van der Waals surface area (Å²) in [6.07, 6.45) is 0. The van der Waals surface area contributed by atoms with Gasteiger partial charge in [0, 0.05) is 0 Å². The minimum Gasteiger partial charge on any atom is -0.673 e. The largest absolute Gasteiger partial charge is 0.673 e. The van der Waals surface area contributed by atoms with E-state index in [2.05, 4.69) is 5.22 Å². The summed E-state index contributed by atoms with van der Waals surface area (Å²) in [4.78, 5) is 24.7. The number of carbonyl (C=O) groups excluding carboxylic acids is 2. The summed E-state index contributed by atoms with van der Waals surface area (Å²) < 4.78 is 0. The van der Waals surface area contributed by atoms with Crippen LogP contribution in [0.5, 0.6) is 0 Å². The average molecular weight is 308 g/mol. The highest BCUT2D eigenvalue weighted by Gasteiger charge is 2.43. The van der Waals surface area contributed by atoms with Crippen LogP contribution in [0.1, 0.15) is 31.8 Å². The Balaban J connectivity index is 1.60. The molecule has 23 heavy (non-hydrogen) atoms. The molecule has 0 bridgehead atoms. The number of hydrazine groups is 1. The number of amides is 2. The van der Waals surface area contributed by atoms with Gasteiger partial charge in [0.25, 0.3) is 0 Å². The van der Waals surface area contributed by atoms with E-state index in [1.54, 1.807) is 24.3 Å². The second-order valence-corrected chi connectivity index (χ2v) is 5.40. The Bertz CT molecular complexity index is 802. The number of hydrogen-bond acceptors (Lipinski definition) is 4. The van der Waals surface area contributed by atoms with Gasteiger partial charge in [-0.05, 0) is 28.3 Å². The second-order valence-electron chi connectivity index (χ2n) is 5.40. The molecule has 0 N–H and O–H groups in total. The lowest BCUT2D eigenvalue weighted by Gasteiger charge is -2.18. The SMILES string of the molecule is O=C1c2ccccc2C(=O)N1N=[N+]([O-])N1Cc2ccccc2C1. The van der Waals surface area contributed by atoms with Crippen molar-refractivity contribution in [1.29, 1.82) is 0 Å². The van der Waals surface area contributed by atoms with E-state index < -0.39 is 11.8 Å². The predicted molar refractivity (Wildman–Crippen MR) is 78.7 cm³/mol. The summed E-state index contributed by atoms with van der Waals surface area (Å²) in [7, 11) is 0. The van der Waals surface area contributed by atoms with Crippen LogP contribution in [0.25, 0.3) is 0 Å². The van der Waals surface area contributed by atoms with Gasteiger partial charge in [-0.25, -0.2) is 14.6 Å². The second kappa shape index (κ2) is 4.91. The molecule has 114 valence electrons. The Hall–Kier alpha value is -3.22. The van der Waals surface area contributed by atoms with Crippen LogP contribution in [0.4, 0.5) is 0 Å². The Morgan fingerprint density at radius 3 is 1.87 bits per heavy atom. The lowest BCUT2D eigenvalue weighted by atomic mass is 10.1. The fourth-order valence-corrected chi connectivity index (χ4v) is 2.83. The molecule has 0 saturated heterocycles. The predicted octanol–water partition coefficient (Wildman–Crippen LogP) is 2.09. The van der Waals surface area contributed by atoms with E-state index in [1.807, 2.05) is 24.3 Å². The number of fused-ring (bicyclic) bond motifs is 2. The van der Waals surface area contributed by atoms with Crippen LogP contribution in [0.2, 0.25) is 0 Å². The van der Waals surface area contributed by atoms with Crippen LogP contribution in [-0.4, -0.2) is 26.8 Å². The van der Waals surface area contributed by atoms with Crippen LogP contribution in [-0.2, 0) is 13.1 Å². The van der Waals surface area contributed by atoms with E-state index in [1.165, 1.54) is 5.01 Å². The van der Waals surface area contributed by atoms with Crippen molar-refractivity contribution in [2.75, 3.05) is 0 Å². The smallest absolute Gasteiger partial charge is 0.370 e. The van der Waals surface area contributed by atoms with Crippen LogP contribution < -0.4 is 0 Å². The number of benzene rings is 2. The van der Waals surface area contributed by atoms with Crippen LogP contribution >= 0.6 is 0 Å². The summed E-state index contributed by atoms with van der Waals surface area (Å²) in [5.41, 5.74) is 2.59. The first-order valence-corrected chi connectivity index (χ1v) is 7.13. The number of carbonyl (C=O) groups is 2. The standard InChI is InChI=1S/C16H12N4O3/c21-15-13-7-3-4-8-14(13)16(22)19(15)17-20(23)18-9-11-5-1-2-6-12(11)10-18/h1-8H,9-10H2. The first-order chi connectivity index (χ1) is 11.1. The van der Waals surface area contributed by atoms with Gasteiger partial charge in [0.1, 0.15) is 5.22 Å². The van der Waals surface area contributed by atoms with E-state index in [4.69, 9.17) is 0 Å². The van der Waals surface area contributed by atoms with Crippen molar-refractivity contribution in [2.45, 2.75) is 13.1 Å². The highest BCUT2D eigenvalue weighted by atomic mass is 16.6. The molecule has 0 aromatic heterocycles. The molecule has 2 aliphatic heterocycles. The molecule has 0 spiro atoms. The van der Waals surface area contributed by atoms with Gasteiger partial charge in [0.2, 0.25) is 0 Å². The topological polar surface area (TPSA) is 79.0 Å². The third-order valence-electron chi connectivity index (χ3n) is 4.00. The minimum absolute atomic E-state index is 0.263. The van der Waals surface area contributed by atoms with Crippen molar-refractivity contribution in [3.05, 3.63) is 76.0 Å². The molecular weight excluding hydrogens is 296 g/mol. The quantitative estimate of drug-likeness (QED) is 0.368. The highest BCUT2D eigenvalue weighted by molar-refractivity contribution is 6.20. The summed E-state index contributed by atoms with van der Waals surface area (Å²) in [6, 6.07) is 14.1. The van der Waals surface area contributed by atoms with E-state index in [9.17, 15) is 14.8 Å². The van der Waals surface area contributed by atoms with Crippen molar-refractivity contribution in [3.8, 4) is 0 Å². The highest BCUT2D eigenvalue weighted by Crippen LogP contribution is 2.25. The molecule has 7 heteroatoms.